The number of hydrogen-bond donors (Lipinski definition) is 2. The van der Waals surface area contributed by atoms with E-state index in [0.717, 1.165) is 5.56 Å². The zero-order valence-electron chi connectivity index (χ0n) is 8.42. The molecule has 0 radical (unpaired) electrons. The maximum absolute atomic E-state index is 12.5. The Morgan fingerprint density at radius 2 is 2.07 bits per heavy atom. The summed E-state index contributed by atoms with van der Waals surface area (Å²) in [6.45, 7) is 0.473. The summed E-state index contributed by atoms with van der Waals surface area (Å²) >= 11 is 0. The van der Waals surface area contributed by atoms with Gasteiger partial charge in [-0.05, 0) is 24.1 Å². The largest absolute Gasteiger partial charge is 0.338 e. The summed E-state index contributed by atoms with van der Waals surface area (Å²) in [5, 5.41) is 2.58. The van der Waals surface area contributed by atoms with Gasteiger partial charge >= 0.3 is 6.03 Å². The minimum atomic E-state index is -0.389. The third kappa shape index (κ3) is 4.42. The van der Waals surface area contributed by atoms with Gasteiger partial charge in [-0.2, -0.15) is 0 Å². The lowest BCUT2D eigenvalue weighted by molar-refractivity contribution is 0.107. The van der Waals surface area contributed by atoms with Crippen molar-refractivity contribution in [2.24, 2.45) is 0 Å². The zero-order valence-corrected chi connectivity index (χ0v) is 8.42. The second kappa shape index (κ2) is 5.98. The lowest BCUT2D eigenvalue weighted by Crippen LogP contribution is -2.35. The molecule has 0 heterocycles. The minimum Gasteiger partial charge on any atom is -0.336 e. The fraction of sp³-hybridized carbons (Fsp3) is 0.300. The van der Waals surface area contributed by atoms with Crippen molar-refractivity contribution in [3.05, 3.63) is 35.6 Å². The second-order valence-corrected chi connectivity index (χ2v) is 2.94. The summed E-state index contributed by atoms with van der Waals surface area (Å²) in [4.78, 5) is 15.3. The van der Waals surface area contributed by atoms with Crippen LogP contribution in [-0.2, 0) is 11.3 Å². The molecule has 0 aliphatic carbocycles. The van der Waals surface area contributed by atoms with Crippen LogP contribution in [0.4, 0.5) is 9.18 Å². The maximum atomic E-state index is 12.5. The molecule has 5 heteroatoms. The molecule has 15 heavy (non-hydrogen) atoms. The number of rotatable bonds is 4. The Bertz CT molecular complexity index is 314. The van der Waals surface area contributed by atoms with Crippen LogP contribution in [0.3, 0.4) is 0 Å². The predicted octanol–water partition coefficient (Wildman–Crippen LogP) is 1.23. The van der Waals surface area contributed by atoms with Crippen LogP contribution in [0, 0.1) is 5.82 Å². The topological polar surface area (TPSA) is 50.4 Å². The van der Waals surface area contributed by atoms with Gasteiger partial charge in [0.15, 0.2) is 0 Å². The molecule has 0 aliphatic rings. The molecule has 1 aromatic carbocycles. The first kappa shape index (κ1) is 11.5. The van der Waals surface area contributed by atoms with Crippen molar-refractivity contribution >= 4 is 6.03 Å². The number of carbonyl (C=O) groups excluding carboxylic acids is 1. The summed E-state index contributed by atoms with van der Waals surface area (Å²) in [6.07, 6.45) is 0.650. The number of hydroxylamine groups is 1. The quantitative estimate of drug-likeness (QED) is 0.737. The first-order chi connectivity index (χ1) is 7.22. The molecule has 0 aromatic heterocycles. The third-order valence-corrected chi connectivity index (χ3v) is 1.81. The lowest BCUT2D eigenvalue weighted by atomic mass is 10.1. The minimum absolute atomic E-state index is 0.260. The summed E-state index contributed by atoms with van der Waals surface area (Å²) in [5.41, 5.74) is 3.10. The van der Waals surface area contributed by atoms with E-state index in [-0.39, 0.29) is 11.8 Å². The van der Waals surface area contributed by atoms with E-state index in [1.807, 2.05) is 0 Å². The Balaban J connectivity index is 2.26. The van der Waals surface area contributed by atoms with Crippen molar-refractivity contribution < 1.29 is 14.0 Å². The number of hydrogen-bond acceptors (Lipinski definition) is 2. The molecule has 4 nitrogen and oxygen atoms in total. The summed E-state index contributed by atoms with van der Waals surface area (Å²) in [7, 11) is 1.36. The molecule has 0 aliphatic heterocycles. The van der Waals surface area contributed by atoms with Gasteiger partial charge in [-0.1, -0.05) is 12.1 Å². The predicted molar refractivity (Wildman–Crippen MR) is 53.6 cm³/mol. The number of carbonyl (C=O) groups is 1. The van der Waals surface area contributed by atoms with Gasteiger partial charge in [-0.15, -0.1) is 0 Å². The van der Waals surface area contributed by atoms with Gasteiger partial charge in [0.2, 0.25) is 0 Å². The van der Waals surface area contributed by atoms with Gasteiger partial charge in [0.1, 0.15) is 5.82 Å². The normalized spacial score (nSPS) is 9.73. The number of urea groups is 1. The van der Waals surface area contributed by atoms with Crippen LogP contribution in [-0.4, -0.2) is 19.7 Å². The summed E-state index contributed by atoms with van der Waals surface area (Å²) < 4.78 is 12.5. The fourth-order valence-electron chi connectivity index (χ4n) is 1.10. The molecule has 0 saturated heterocycles. The van der Waals surface area contributed by atoms with Crippen LogP contribution in [0.15, 0.2) is 24.3 Å². The number of amides is 2. The van der Waals surface area contributed by atoms with Crippen molar-refractivity contribution in [1.82, 2.24) is 10.8 Å². The van der Waals surface area contributed by atoms with Crippen LogP contribution in [0.5, 0.6) is 0 Å². The van der Waals surface area contributed by atoms with E-state index < -0.39 is 0 Å². The Labute approximate surface area is 87.4 Å². The first-order valence-corrected chi connectivity index (χ1v) is 4.53. The Kier molecular flexibility index (Phi) is 4.56. The monoisotopic (exact) mass is 212 g/mol. The Hall–Kier alpha value is -1.62. The Morgan fingerprint density at radius 1 is 1.40 bits per heavy atom. The van der Waals surface area contributed by atoms with E-state index >= 15 is 0 Å². The van der Waals surface area contributed by atoms with Crippen LogP contribution in [0.1, 0.15) is 5.56 Å². The molecule has 2 N–H and O–H groups in total. The van der Waals surface area contributed by atoms with Gasteiger partial charge in [0, 0.05) is 6.54 Å². The highest BCUT2D eigenvalue weighted by atomic mass is 19.1. The zero-order chi connectivity index (χ0) is 11.1. The Morgan fingerprint density at radius 3 is 2.67 bits per heavy atom. The highest BCUT2D eigenvalue weighted by Crippen LogP contribution is 2.02. The second-order valence-electron chi connectivity index (χ2n) is 2.94. The lowest BCUT2D eigenvalue weighted by Gasteiger charge is -2.05. The van der Waals surface area contributed by atoms with E-state index in [0.29, 0.717) is 13.0 Å². The molecule has 0 bridgehead atoms. The molecule has 0 unspecified atom stereocenters. The van der Waals surface area contributed by atoms with Crippen LogP contribution in [0.2, 0.25) is 0 Å². The van der Waals surface area contributed by atoms with Crippen LogP contribution < -0.4 is 10.8 Å². The van der Waals surface area contributed by atoms with Gasteiger partial charge in [-0.25, -0.2) is 14.7 Å². The SMILES string of the molecule is CONC(=O)NCCc1ccc(F)cc1. The average molecular weight is 212 g/mol. The average Bonchev–Trinajstić information content (AvgIpc) is 2.21. The maximum Gasteiger partial charge on any atom is 0.338 e. The molecular weight excluding hydrogens is 199 g/mol. The third-order valence-electron chi connectivity index (χ3n) is 1.81. The van der Waals surface area contributed by atoms with Crippen molar-refractivity contribution in [3.63, 3.8) is 0 Å². The van der Waals surface area contributed by atoms with Crippen LogP contribution in [0.25, 0.3) is 0 Å². The van der Waals surface area contributed by atoms with Gasteiger partial charge in [-0.3, -0.25) is 4.84 Å². The molecule has 2 amide bonds. The van der Waals surface area contributed by atoms with E-state index in [1.54, 1.807) is 12.1 Å². The first-order valence-electron chi connectivity index (χ1n) is 4.53. The number of benzene rings is 1. The number of halogens is 1. The van der Waals surface area contributed by atoms with Crippen LogP contribution >= 0.6 is 0 Å². The molecule has 0 fully saturated rings. The molecule has 82 valence electrons. The number of nitrogens with one attached hydrogen (secondary N) is 2. The summed E-state index contributed by atoms with van der Waals surface area (Å²) in [6, 6.07) is 5.77. The molecule has 1 rings (SSSR count). The van der Waals surface area contributed by atoms with E-state index in [1.165, 1.54) is 19.2 Å². The fourth-order valence-corrected chi connectivity index (χ4v) is 1.10. The molecular formula is C10H13FN2O2. The molecule has 1 aromatic rings. The molecule has 0 spiro atoms. The van der Waals surface area contributed by atoms with Crippen molar-refractivity contribution in [3.8, 4) is 0 Å². The summed E-state index contributed by atoms with van der Waals surface area (Å²) in [5.74, 6) is -0.260. The highest BCUT2D eigenvalue weighted by molar-refractivity contribution is 5.72. The molecule has 0 atom stereocenters. The van der Waals surface area contributed by atoms with E-state index in [4.69, 9.17) is 0 Å². The van der Waals surface area contributed by atoms with Crippen molar-refractivity contribution in [2.75, 3.05) is 13.7 Å². The van der Waals surface area contributed by atoms with Gasteiger partial charge < -0.3 is 5.32 Å². The van der Waals surface area contributed by atoms with Gasteiger partial charge in [0.25, 0.3) is 0 Å². The highest BCUT2D eigenvalue weighted by Gasteiger charge is 1.98. The smallest absolute Gasteiger partial charge is 0.336 e. The van der Waals surface area contributed by atoms with E-state index in [9.17, 15) is 9.18 Å². The standard InChI is InChI=1S/C10H13FN2O2/c1-15-13-10(14)12-7-6-8-2-4-9(11)5-3-8/h2-5H,6-7H2,1H3,(H2,12,13,14). The molecule has 0 saturated carbocycles. The van der Waals surface area contributed by atoms with Crippen molar-refractivity contribution in [1.29, 1.82) is 0 Å². The van der Waals surface area contributed by atoms with Gasteiger partial charge in [0.05, 0.1) is 7.11 Å². The van der Waals surface area contributed by atoms with E-state index in [2.05, 4.69) is 15.6 Å². The van der Waals surface area contributed by atoms with Crippen molar-refractivity contribution in [2.45, 2.75) is 6.42 Å².